The van der Waals surface area contributed by atoms with Crippen LogP contribution in [0, 0.1) is 5.92 Å². The summed E-state index contributed by atoms with van der Waals surface area (Å²) in [5.41, 5.74) is 0.339. The van der Waals surface area contributed by atoms with Gasteiger partial charge in [-0.1, -0.05) is 23.2 Å². The van der Waals surface area contributed by atoms with Gasteiger partial charge in [-0.05, 0) is 71.1 Å². The Morgan fingerprint density at radius 2 is 1.85 bits per heavy atom. The highest BCUT2D eigenvalue weighted by Gasteiger charge is 2.38. The maximum Gasteiger partial charge on any atom is 0.296 e. The summed E-state index contributed by atoms with van der Waals surface area (Å²) < 4.78 is 34.2. The van der Waals surface area contributed by atoms with Crippen LogP contribution in [-0.4, -0.2) is 53.1 Å². The minimum Gasteiger partial charge on any atom is -0.352 e. The third-order valence-corrected chi connectivity index (χ3v) is 8.31. The Balaban J connectivity index is 1.50. The number of nitrogens with zero attached hydrogens (tertiary/aromatic N) is 4. The van der Waals surface area contributed by atoms with Gasteiger partial charge in [0, 0.05) is 34.9 Å². The zero-order chi connectivity index (χ0) is 28.6. The lowest BCUT2D eigenvalue weighted by atomic mass is 10.1. The van der Waals surface area contributed by atoms with Crippen LogP contribution in [0.25, 0.3) is 0 Å². The van der Waals surface area contributed by atoms with Crippen molar-refractivity contribution < 1.29 is 22.6 Å². The van der Waals surface area contributed by atoms with Crippen LogP contribution in [0.15, 0.2) is 63.3 Å². The lowest BCUT2D eigenvalue weighted by Crippen LogP contribution is -2.39. The van der Waals surface area contributed by atoms with Crippen molar-refractivity contribution in [2.45, 2.75) is 30.2 Å². The van der Waals surface area contributed by atoms with E-state index in [1.54, 1.807) is 18.2 Å². The third kappa shape index (κ3) is 6.13. The molecule has 3 aromatic rings. The van der Waals surface area contributed by atoms with E-state index in [0.717, 1.165) is 12.8 Å². The molecule has 2 amide bonds. The van der Waals surface area contributed by atoms with Crippen molar-refractivity contribution in [2.24, 2.45) is 11.0 Å². The summed E-state index contributed by atoms with van der Waals surface area (Å²) in [6, 6.07) is 7.63. The van der Waals surface area contributed by atoms with E-state index in [-0.39, 0.29) is 39.9 Å². The van der Waals surface area contributed by atoms with Gasteiger partial charge in [-0.15, -0.1) is 0 Å². The minimum absolute atomic E-state index is 0.104. The molecule has 5 rings (SSSR count). The standard InChI is InChI=1S/C25H21BrCl2N6O5S/c26-16-10-14(27)9-15(24(35)31-12-13-5-6-13)21(16)32-25(36)19-11-18(22-20(40(37,38)39)4-2-7-29-22)33-34(19)23-17(28)3-1-8-30-23/h1-4,7-10,13,19H,5-6,11-12H2,(H,31,35)(H,32,36)(H,37,38,39). The van der Waals surface area contributed by atoms with Crippen molar-refractivity contribution in [1.29, 1.82) is 0 Å². The van der Waals surface area contributed by atoms with Crippen LogP contribution >= 0.6 is 39.1 Å². The third-order valence-electron chi connectivity index (χ3n) is 6.29. The number of hydrogen-bond acceptors (Lipinski definition) is 8. The molecule has 0 radical (unpaired) electrons. The molecule has 1 saturated carbocycles. The van der Waals surface area contributed by atoms with Crippen molar-refractivity contribution >= 4 is 78.3 Å². The van der Waals surface area contributed by atoms with E-state index in [1.165, 1.54) is 35.6 Å². The summed E-state index contributed by atoms with van der Waals surface area (Å²) >= 11 is 16.0. The fourth-order valence-electron chi connectivity index (χ4n) is 4.15. The second-order valence-electron chi connectivity index (χ2n) is 9.20. The van der Waals surface area contributed by atoms with Gasteiger partial charge < -0.3 is 10.6 Å². The number of hydrogen-bond donors (Lipinski definition) is 3. The van der Waals surface area contributed by atoms with Crippen molar-refractivity contribution in [3.63, 3.8) is 0 Å². The summed E-state index contributed by atoms with van der Waals surface area (Å²) in [5.74, 6) is -0.412. The van der Waals surface area contributed by atoms with Gasteiger partial charge in [0.25, 0.3) is 16.0 Å². The molecule has 3 heterocycles. The maximum atomic E-state index is 13.8. The molecule has 11 nitrogen and oxygen atoms in total. The molecular weight excluding hydrogens is 647 g/mol. The van der Waals surface area contributed by atoms with Gasteiger partial charge in [0.15, 0.2) is 5.82 Å². The Bertz CT molecular complexity index is 1650. The number of amides is 2. The molecule has 0 saturated heterocycles. The summed E-state index contributed by atoms with van der Waals surface area (Å²) in [7, 11) is -4.65. The molecule has 40 heavy (non-hydrogen) atoms. The number of benzene rings is 1. The van der Waals surface area contributed by atoms with E-state index in [1.807, 2.05) is 0 Å². The topological polar surface area (TPSA) is 154 Å². The fraction of sp³-hybridized carbons (Fsp3) is 0.240. The first-order valence-electron chi connectivity index (χ1n) is 12.0. The normalized spacial score (nSPS) is 16.9. The summed E-state index contributed by atoms with van der Waals surface area (Å²) in [6.45, 7) is 0.516. The van der Waals surface area contributed by atoms with E-state index >= 15 is 0 Å². The second-order valence-corrected chi connectivity index (χ2v) is 12.3. The number of pyridine rings is 2. The minimum atomic E-state index is -4.65. The van der Waals surface area contributed by atoms with Crippen molar-refractivity contribution in [1.82, 2.24) is 15.3 Å². The number of hydrazone groups is 1. The molecule has 2 aromatic heterocycles. The highest BCUT2D eigenvalue weighted by Crippen LogP contribution is 2.35. The molecule has 1 unspecified atom stereocenters. The zero-order valence-corrected chi connectivity index (χ0v) is 24.4. The Morgan fingerprint density at radius 3 is 2.55 bits per heavy atom. The van der Waals surface area contributed by atoms with Gasteiger partial charge in [-0.2, -0.15) is 13.5 Å². The van der Waals surface area contributed by atoms with Crippen LogP contribution in [0.5, 0.6) is 0 Å². The van der Waals surface area contributed by atoms with Crippen LogP contribution in [0.3, 0.4) is 0 Å². The first-order chi connectivity index (χ1) is 19.0. The van der Waals surface area contributed by atoms with Crippen molar-refractivity contribution in [3.05, 3.63) is 74.6 Å². The maximum absolute atomic E-state index is 13.8. The first-order valence-corrected chi connectivity index (χ1v) is 15.0. The summed E-state index contributed by atoms with van der Waals surface area (Å²) in [6.07, 6.45) is 4.79. The van der Waals surface area contributed by atoms with Crippen LogP contribution < -0.4 is 15.6 Å². The van der Waals surface area contributed by atoms with E-state index in [2.05, 4.69) is 41.6 Å². The lowest BCUT2D eigenvalue weighted by molar-refractivity contribution is -0.117. The highest BCUT2D eigenvalue weighted by atomic mass is 79.9. The summed E-state index contributed by atoms with van der Waals surface area (Å²) in [4.78, 5) is 34.7. The van der Waals surface area contributed by atoms with Crippen molar-refractivity contribution in [3.8, 4) is 0 Å². The molecule has 1 fully saturated rings. The van der Waals surface area contributed by atoms with Gasteiger partial charge in [-0.25, -0.2) is 9.99 Å². The number of rotatable bonds is 8. The average Bonchev–Trinajstić information content (AvgIpc) is 3.64. The highest BCUT2D eigenvalue weighted by molar-refractivity contribution is 9.10. The SMILES string of the molecule is O=C(NCC1CC1)c1cc(Cl)cc(Br)c1NC(=O)C1CC(c2ncccc2S(=O)(=O)O)=NN1c1ncccc1Cl. The Hall–Kier alpha value is -3.10. The van der Waals surface area contributed by atoms with Crippen molar-refractivity contribution in [2.75, 3.05) is 16.9 Å². The number of carbonyl (C=O) groups excluding carboxylic acids is 2. The van der Waals surface area contributed by atoms with Crippen LogP contribution in [-0.2, 0) is 14.9 Å². The molecule has 1 aromatic carbocycles. The van der Waals surface area contributed by atoms with Gasteiger partial charge in [0.1, 0.15) is 16.6 Å². The molecule has 3 N–H and O–H groups in total. The summed E-state index contributed by atoms with van der Waals surface area (Å²) in [5, 5.41) is 11.8. The van der Waals surface area contributed by atoms with E-state index < -0.39 is 32.9 Å². The zero-order valence-electron chi connectivity index (χ0n) is 20.5. The molecule has 2 aliphatic rings. The molecule has 1 atom stereocenters. The van der Waals surface area contributed by atoms with Crippen LogP contribution in [0.2, 0.25) is 10.0 Å². The van der Waals surface area contributed by atoms with Crippen LogP contribution in [0.4, 0.5) is 11.5 Å². The predicted molar refractivity (Wildman–Crippen MR) is 154 cm³/mol. The number of halogens is 3. The monoisotopic (exact) mass is 666 g/mol. The number of anilines is 2. The van der Waals surface area contributed by atoms with E-state index in [4.69, 9.17) is 23.2 Å². The molecule has 15 heteroatoms. The largest absolute Gasteiger partial charge is 0.352 e. The van der Waals surface area contributed by atoms with E-state index in [0.29, 0.717) is 22.0 Å². The Labute approximate surface area is 247 Å². The number of nitrogens with one attached hydrogen (secondary N) is 2. The fourth-order valence-corrected chi connectivity index (χ4v) is 5.94. The second kappa shape index (κ2) is 11.4. The molecule has 208 valence electrons. The molecule has 1 aliphatic heterocycles. The predicted octanol–water partition coefficient (Wildman–Crippen LogP) is 4.55. The Morgan fingerprint density at radius 1 is 1.12 bits per heavy atom. The lowest BCUT2D eigenvalue weighted by Gasteiger charge is -2.23. The molecular formula is C25H21BrCl2N6O5S. The molecule has 0 spiro atoms. The van der Waals surface area contributed by atoms with Gasteiger partial charge in [0.05, 0.1) is 22.0 Å². The van der Waals surface area contributed by atoms with E-state index in [9.17, 15) is 22.6 Å². The van der Waals surface area contributed by atoms with Gasteiger partial charge in [-0.3, -0.25) is 19.1 Å². The molecule has 0 bridgehead atoms. The first kappa shape index (κ1) is 28.4. The van der Waals surface area contributed by atoms with Crippen LogP contribution in [0.1, 0.15) is 35.3 Å². The number of carbonyl (C=O) groups is 2. The molecule has 1 aliphatic carbocycles. The van der Waals surface area contributed by atoms with Gasteiger partial charge >= 0.3 is 0 Å². The smallest absolute Gasteiger partial charge is 0.296 e. The quantitative estimate of drug-likeness (QED) is 0.296. The number of aromatic nitrogens is 2. The Kier molecular flexibility index (Phi) is 8.11. The van der Waals surface area contributed by atoms with Gasteiger partial charge in [0.2, 0.25) is 5.91 Å². The average molecular weight is 668 g/mol.